The Morgan fingerprint density at radius 2 is 1.80 bits per heavy atom. The Bertz CT molecular complexity index is 1620. The maximum atomic E-state index is 13.0. The number of methoxy groups -OCH3 is 2. The lowest BCUT2D eigenvalue weighted by molar-refractivity contribution is -0.145. The lowest BCUT2D eigenvalue weighted by Gasteiger charge is -2.27. The minimum absolute atomic E-state index is 0.0647. The van der Waals surface area contributed by atoms with Crippen LogP contribution in [0.3, 0.4) is 0 Å². The molecule has 14 heteroatoms. The van der Waals surface area contributed by atoms with Gasteiger partial charge in [-0.3, -0.25) is 4.90 Å². The number of carbonyl (C=O) groups excluding carboxylic acids is 3. The Balaban J connectivity index is 1.41. The first-order valence-corrected chi connectivity index (χ1v) is 16.3. The molecule has 1 aliphatic carbocycles. The van der Waals surface area contributed by atoms with Gasteiger partial charge in [-0.15, -0.1) is 0 Å². The number of amides is 2. The highest BCUT2D eigenvalue weighted by molar-refractivity contribution is 5.83. The fourth-order valence-corrected chi connectivity index (χ4v) is 5.44. The van der Waals surface area contributed by atoms with Gasteiger partial charge in [-0.2, -0.15) is 0 Å². The highest BCUT2D eigenvalue weighted by atomic mass is 16.6. The molecule has 2 aromatic rings. The molecule has 2 fully saturated rings. The van der Waals surface area contributed by atoms with E-state index in [0.29, 0.717) is 35.3 Å². The van der Waals surface area contributed by atoms with Gasteiger partial charge in [0.05, 0.1) is 31.8 Å². The lowest BCUT2D eigenvalue weighted by Crippen LogP contribution is -2.49. The summed E-state index contributed by atoms with van der Waals surface area (Å²) in [6.45, 7) is 10.5. The van der Waals surface area contributed by atoms with E-state index in [1.807, 2.05) is 0 Å². The first-order valence-electron chi connectivity index (χ1n) is 16.3. The zero-order valence-electron chi connectivity index (χ0n) is 29.3. The zero-order chi connectivity index (χ0) is 36.1. The van der Waals surface area contributed by atoms with Crippen molar-refractivity contribution in [2.75, 3.05) is 20.8 Å². The molecule has 0 spiro atoms. The van der Waals surface area contributed by atoms with Crippen LogP contribution in [0, 0.1) is 23.2 Å². The van der Waals surface area contributed by atoms with Crippen molar-refractivity contribution >= 4 is 35.2 Å². The van der Waals surface area contributed by atoms with E-state index in [-0.39, 0.29) is 30.9 Å². The van der Waals surface area contributed by atoms with Gasteiger partial charge in [-0.05, 0) is 69.4 Å². The van der Waals surface area contributed by atoms with Crippen molar-refractivity contribution in [2.24, 2.45) is 11.3 Å². The van der Waals surface area contributed by atoms with Crippen LogP contribution >= 0.6 is 0 Å². The monoisotopic (exact) mass is 682 g/mol. The van der Waals surface area contributed by atoms with E-state index in [4.69, 9.17) is 23.7 Å². The summed E-state index contributed by atoms with van der Waals surface area (Å²) in [6, 6.07) is 3.31. The highest BCUT2D eigenvalue weighted by Crippen LogP contribution is 2.38. The van der Waals surface area contributed by atoms with Crippen molar-refractivity contribution in [2.45, 2.75) is 104 Å². The minimum atomic E-state index is -1.11. The van der Waals surface area contributed by atoms with Crippen LogP contribution in [0.1, 0.15) is 79.3 Å². The van der Waals surface area contributed by atoms with Crippen LogP contribution in [0.25, 0.3) is 11.0 Å². The SMILES string of the molecule is COC(=O)[C@@H]1C[C@@H](Oc2nc3cc(OC)ccc3nc2C#CCCC[C@@H]2C[C@H]2OC(=O)NC(C(=O)O)C(C)(C)C)CN1C(=O)OC(C)(C)C. The molecule has 2 aliphatic rings. The molecule has 49 heavy (non-hydrogen) atoms. The first-order chi connectivity index (χ1) is 23.0. The first kappa shape index (κ1) is 37.0. The summed E-state index contributed by atoms with van der Waals surface area (Å²) < 4.78 is 27.5. The Morgan fingerprint density at radius 3 is 2.43 bits per heavy atom. The molecule has 5 atom stereocenters. The number of rotatable bonds is 10. The summed E-state index contributed by atoms with van der Waals surface area (Å²) in [4.78, 5) is 60.1. The number of esters is 1. The molecule has 0 radical (unpaired) electrons. The molecule has 1 saturated carbocycles. The summed E-state index contributed by atoms with van der Waals surface area (Å²) >= 11 is 0. The number of benzene rings is 1. The third kappa shape index (κ3) is 10.1. The maximum Gasteiger partial charge on any atom is 0.411 e. The number of aromatic nitrogens is 2. The summed E-state index contributed by atoms with van der Waals surface area (Å²) in [5, 5.41) is 11.9. The molecule has 1 aromatic heterocycles. The van der Waals surface area contributed by atoms with Crippen LogP contribution < -0.4 is 14.8 Å². The average Bonchev–Trinajstić information content (AvgIpc) is 3.60. The molecule has 2 amide bonds. The van der Waals surface area contributed by atoms with E-state index in [0.717, 1.165) is 12.8 Å². The fourth-order valence-electron chi connectivity index (χ4n) is 5.44. The molecule has 1 unspecified atom stereocenters. The van der Waals surface area contributed by atoms with Gasteiger partial charge in [-0.1, -0.05) is 26.7 Å². The number of hydrogen-bond acceptors (Lipinski definition) is 11. The van der Waals surface area contributed by atoms with Crippen molar-refractivity contribution in [1.29, 1.82) is 0 Å². The van der Waals surface area contributed by atoms with Crippen LogP contribution in [-0.4, -0.2) is 94.8 Å². The normalized spacial score (nSPS) is 20.8. The number of nitrogens with one attached hydrogen (secondary N) is 1. The zero-order valence-corrected chi connectivity index (χ0v) is 29.3. The Hall–Kier alpha value is -4.80. The summed E-state index contributed by atoms with van der Waals surface area (Å²) in [7, 11) is 2.81. The van der Waals surface area contributed by atoms with Gasteiger partial charge >= 0.3 is 24.1 Å². The van der Waals surface area contributed by atoms with E-state index in [1.165, 1.54) is 12.0 Å². The van der Waals surface area contributed by atoms with Gasteiger partial charge < -0.3 is 34.1 Å². The van der Waals surface area contributed by atoms with Crippen LogP contribution in [0.5, 0.6) is 11.6 Å². The Morgan fingerprint density at radius 1 is 1.06 bits per heavy atom. The Kier molecular flexibility index (Phi) is 11.5. The standard InChI is InChI=1S/C35H46N4O10/c1-34(2,3)28(30(40)41)38-32(43)48-27-16-20(27)12-10-9-11-13-24-29(37-25-17-21(45-7)14-15-23(25)36-24)47-22-18-26(31(42)46-8)39(19-22)33(44)49-35(4,5)6/h14-15,17,20,22,26-28H,9-10,12,16,18-19H2,1-8H3,(H,38,43)(H,40,41)/t20-,22-,26+,27-,28?/m1/s1. The van der Waals surface area contributed by atoms with Crippen molar-refractivity contribution in [3.63, 3.8) is 0 Å². The number of likely N-dealkylation sites (tertiary alicyclic amines) is 1. The number of alkyl carbamates (subject to hydrolysis) is 1. The topological polar surface area (TPSA) is 176 Å². The van der Waals surface area contributed by atoms with Gasteiger partial charge in [-0.25, -0.2) is 29.1 Å². The largest absolute Gasteiger partial charge is 0.497 e. The number of fused-ring (bicyclic) bond motifs is 1. The van der Waals surface area contributed by atoms with Crippen LogP contribution in [0.2, 0.25) is 0 Å². The summed E-state index contributed by atoms with van der Waals surface area (Å²) in [5.41, 5.74) is -0.0174. The quantitative estimate of drug-likeness (QED) is 0.153. The van der Waals surface area contributed by atoms with Crippen LogP contribution in [0.4, 0.5) is 9.59 Å². The van der Waals surface area contributed by atoms with Gasteiger partial charge in [0.15, 0.2) is 5.69 Å². The number of ether oxygens (including phenoxy) is 5. The number of carboxylic acids is 1. The lowest BCUT2D eigenvalue weighted by atomic mass is 9.87. The predicted molar refractivity (Wildman–Crippen MR) is 177 cm³/mol. The summed E-state index contributed by atoms with van der Waals surface area (Å²) in [6.07, 6.45) is 0.652. The molecule has 1 aromatic carbocycles. The van der Waals surface area contributed by atoms with E-state index in [1.54, 1.807) is 66.9 Å². The molecule has 1 saturated heterocycles. The van der Waals surface area contributed by atoms with E-state index >= 15 is 0 Å². The minimum Gasteiger partial charge on any atom is -0.497 e. The number of carbonyl (C=O) groups is 4. The molecule has 14 nitrogen and oxygen atoms in total. The predicted octanol–water partition coefficient (Wildman–Crippen LogP) is 4.70. The van der Waals surface area contributed by atoms with Crippen molar-refractivity contribution in [3.8, 4) is 23.5 Å². The third-order valence-corrected chi connectivity index (χ3v) is 8.06. The molecular formula is C35H46N4O10. The molecule has 0 bridgehead atoms. The second kappa shape index (κ2) is 15.2. The second-order valence-electron chi connectivity index (χ2n) is 14.3. The van der Waals surface area contributed by atoms with E-state index in [9.17, 15) is 24.3 Å². The van der Waals surface area contributed by atoms with Crippen LogP contribution in [0.15, 0.2) is 18.2 Å². The molecule has 1 aliphatic heterocycles. The van der Waals surface area contributed by atoms with Gasteiger partial charge in [0.2, 0.25) is 5.88 Å². The molecule has 2 N–H and O–H groups in total. The second-order valence-corrected chi connectivity index (χ2v) is 14.3. The summed E-state index contributed by atoms with van der Waals surface area (Å²) in [5.74, 6) is 5.44. The number of nitrogens with zero attached hydrogens (tertiary/aromatic N) is 3. The van der Waals surface area contributed by atoms with E-state index < -0.39 is 53.3 Å². The third-order valence-electron chi connectivity index (χ3n) is 8.06. The van der Waals surface area contributed by atoms with Gasteiger partial charge in [0.25, 0.3) is 0 Å². The smallest absolute Gasteiger partial charge is 0.411 e. The van der Waals surface area contributed by atoms with Crippen LogP contribution in [-0.2, 0) is 23.8 Å². The van der Waals surface area contributed by atoms with Crippen molar-refractivity contribution in [1.82, 2.24) is 20.2 Å². The maximum absolute atomic E-state index is 13.0. The highest BCUT2D eigenvalue weighted by Gasteiger charge is 2.44. The van der Waals surface area contributed by atoms with E-state index in [2.05, 4.69) is 27.1 Å². The van der Waals surface area contributed by atoms with Crippen molar-refractivity contribution in [3.05, 3.63) is 23.9 Å². The number of hydrogen-bond donors (Lipinski definition) is 2. The fraction of sp³-hybridized carbons (Fsp3) is 0.600. The molecule has 2 heterocycles. The number of unbranched alkanes of at least 4 members (excludes halogenated alkanes) is 1. The van der Waals surface area contributed by atoms with Crippen molar-refractivity contribution < 1.29 is 48.0 Å². The molecule has 266 valence electrons. The Labute approximate surface area is 286 Å². The number of aliphatic carboxylic acids is 1. The van der Waals surface area contributed by atoms with Gasteiger partial charge in [0.1, 0.15) is 35.6 Å². The van der Waals surface area contributed by atoms with Gasteiger partial charge in [0, 0.05) is 18.9 Å². The number of carboxylic acid groups (broad SMARTS) is 1. The average molecular weight is 683 g/mol. The molecule has 4 rings (SSSR count). The molecular weight excluding hydrogens is 636 g/mol.